The first kappa shape index (κ1) is 23.5. The maximum Gasteiger partial charge on any atom is 0.302 e. The number of nitrogens with two attached hydrogens (primary N) is 1. The Bertz CT molecular complexity index is 897. The fourth-order valence-electron chi connectivity index (χ4n) is 2.37. The van der Waals surface area contributed by atoms with E-state index in [0.717, 1.165) is 18.7 Å². The molecule has 0 heterocycles. The minimum absolute atomic E-state index is 0.175. The number of aryl methyl sites for hydroxylation is 2. The molecular formula is C20H28N2O5S. The number of rotatable bonds is 6. The van der Waals surface area contributed by atoms with Crippen LogP contribution in [0.1, 0.15) is 25.0 Å². The fraction of sp³-hybridized carbons (Fsp3) is 0.350. The number of hydrogen-bond acceptors (Lipinski definition) is 6. The van der Waals surface area contributed by atoms with Gasteiger partial charge in [-0.25, -0.2) is 0 Å². The van der Waals surface area contributed by atoms with Gasteiger partial charge >= 0.3 is 5.97 Å². The van der Waals surface area contributed by atoms with Gasteiger partial charge in [0.2, 0.25) is 0 Å². The van der Waals surface area contributed by atoms with E-state index < -0.39 is 10.1 Å². The summed E-state index contributed by atoms with van der Waals surface area (Å²) in [5.74, 6) is -0.222. The third-order valence-corrected chi connectivity index (χ3v) is 4.81. The highest BCUT2D eigenvalue weighted by Gasteiger charge is 2.09. The second-order valence-electron chi connectivity index (χ2n) is 6.25. The van der Waals surface area contributed by atoms with Crippen molar-refractivity contribution in [1.82, 2.24) is 0 Å². The van der Waals surface area contributed by atoms with Gasteiger partial charge in [0.25, 0.3) is 10.1 Å². The van der Waals surface area contributed by atoms with Crippen LogP contribution in [-0.4, -0.2) is 38.6 Å². The largest absolute Gasteiger partial charge is 0.464 e. The molecule has 0 spiro atoms. The van der Waals surface area contributed by atoms with E-state index >= 15 is 0 Å². The lowest BCUT2D eigenvalue weighted by atomic mass is 10.2. The summed E-state index contributed by atoms with van der Waals surface area (Å²) in [5, 5.41) is 0. The van der Waals surface area contributed by atoms with Crippen LogP contribution in [0.5, 0.6) is 0 Å². The average molecular weight is 409 g/mol. The summed E-state index contributed by atoms with van der Waals surface area (Å²) >= 11 is 0. The summed E-state index contributed by atoms with van der Waals surface area (Å²) in [6.07, 6.45) is 0. The van der Waals surface area contributed by atoms with Crippen LogP contribution in [0.15, 0.2) is 47.4 Å². The molecule has 0 saturated heterocycles. The summed E-state index contributed by atoms with van der Waals surface area (Å²) in [4.78, 5) is 12.7. The Hall–Kier alpha value is -2.58. The Morgan fingerprint density at radius 2 is 1.86 bits per heavy atom. The summed E-state index contributed by atoms with van der Waals surface area (Å²) in [7, 11) is -4.12. The van der Waals surface area contributed by atoms with Gasteiger partial charge in [0.05, 0.1) is 11.4 Å². The molecule has 0 amide bonds. The molecule has 0 bridgehead atoms. The monoisotopic (exact) mass is 408 g/mol. The van der Waals surface area contributed by atoms with E-state index in [1.54, 1.807) is 13.0 Å². The van der Waals surface area contributed by atoms with Gasteiger partial charge in [-0.1, -0.05) is 18.2 Å². The van der Waals surface area contributed by atoms with E-state index in [4.69, 9.17) is 15.0 Å². The summed E-state index contributed by atoms with van der Waals surface area (Å²) in [6.45, 7) is 9.44. The van der Waals surface area contributed by atoms with Gasteiger partial charge in [0.15, 0.2) is 0 Å². The zero-order valence-electron chi connectivity index (χ0n) is 16.7. The van der Waals surface area contributed by atoms with Crippen LogP contribution in [0.2, 0.25) is 0 Å². The Morgan fingerprint density at radius 1 is 1.18 bits per heavy atom. The lowest BCUT2D eigenvalue weighted by Gasteiger charge is -2.23. The summed E-state index contributed by atoms with van der Waals surface area (Å²) in [6, 6.07) is 12.4. The van der Waals surface area contributed by atoms with Crippen LogP contribution < -0.4 is 10.6 Å². The number of hydrogen-bond donors (Lipinski definition) is 2. The molecule has 2 aromatic carbocycles. The molecule has 0 fully saturated rings. The molecular weight excluding hydrogens is 380 g/mol. The van der Waals surface area contributed by atoms with Crippen LogP contribution in [0, 0.1) is 13.8 Å². The Kier molecular flexibility index (Phi) is 8.94. The fourth-order valence-corrected chi connectivity index (χ4v) is 2.89. The van der Waals surface area contributed by atoms with Gasteiger partial charge in [-0.3, -0.25) is 9.35 Å². The summed E-state index contributed by atoms with van der Waals surface area (Å²) in [5.41, 5.74) is 8.99. The molecule has 2 aromatic rings. The van der Waals surface area contributed by atoms with Crippen LogP contribution in [-0.2, 0) is 19.6 Å². The summed E-state index contributed by atoms with van der Waals surface area (Å²) < 4.78 is 34.8. The number of benzene rings is 2. The number of carbonyl (C=O) groups is 1. The third kappa shape index (κ3) is 7.98. The maximum absolute atomic E-state index is 10.7. The Balaban J connectivity index is 0.000000292. The molecule has 7 nitrogen and oxygen atoms in total. The zero-order valence-corrected chi connectivity index (χ0v) is 17.5. The van der Waals surface area contributed by atoms with E-state index in [1.807, 2.05) is 6.07 Å². The van der Waals surface area contributed by atoms with E-state index in [0.29, 0.717) is 12.3 Å². The van der Waals surface area contributed by atoms with Crippen molar-refractivity contribution in [3.8, 4) is 0 Å². The van der Waals surface area contributed by atoms with E-state index in [-0.39, 0.29) is 10.9 Å². The number of nitrogen functional groups attached to an aromatic ring is 1. The van der Waals surface area contributed by atoms with Crippen LogP contribution in [0.4, 0.5) is 11.4 Å². The number of carbonyl (C=O) groups excluding carboxylic acids is 1. The molecule has 0 radical (unpaired) electrons. The number of likely N-dealkylation sites (N-methyl/N-ethyl adjacent to an activating group) is 1. The molecule has 0 aliphatic rings. The van der Waals surface area contributed by atoms with Crippen LogP contribution in [0.25, 0.3) is 0 Å². The van der Waals surface area contributed by atoms with Crippen LogP contribution >= 0.6 is 0 Å². The van der Waals surface area contributed by atoms with Crippen LogP contribution in [0.3, 0.4) is 0 Å². The minimum atomic E-state index is -4.12. The van der Waals surface area contributed by atoms with Gasteiger partial charge in [0.1, 0.15) is 6.61 Å². The predicted octanol–water partition coefficient (Wildman–Crippen LogP) is 3.21. The van der Waals surface area contributed by atoms with Crippen molar-refractivity contribution < 1.29 is 22.5 Å². The quantitative estimate of drug-likeness (QED) is 0.429. The molecule has 2 rings (SSSR count). The standard InChI is InChI=1S/C13H19NO2.C7H9NO3S/c1-4-14(8-9-16-12(3)15)13-7-5-6-11(2)10-13;1-5-2-3-6(4-7(5)8)12(9,10)11/h5-7,10H,4,8-9H2,1-3H3;2-4H,8H2,1H3,(H,9,10,11). The molecule has 0 saturated carbocycles. The smallest absolute Gasteiger partial charge is 0.302 e. The molecule has 0 aliphatic carbocycles. The molecule has 0 aromatic heterocycles. The second-order valence-corrected chi connectivity index (χ2v) is 7.67. The minimum Gasteiger partial charge on any atom is -0.464 e. The highest BCUT2D eigenvalue weighted by atomic mass is 32.2. The van der Waals surface area contributed by atoms with Crippen molar-refractivity contribution in [2.45, 2.75) is 32.6 Å². The number of ether oxygens (including phenoxy) is 1. The van der Waals surface area contributed by atoms with Crippen molar-refractivity contribution in [3.05, 3.63) is 53.6 Å². The molecule has 0 unspecified atom stereocenters. The van der Waals surface area contributed by atoms with Crippen molar-refractivity contribution in [2.24, 2.45) is 0 Å². The highest BCUT2D eigenvalue weighted by Crippen LogP contribution is 2.16. The number of esters is 1. The molecule has 0 aliphatic heterocycles. The normalized spacial score (nSPS) is 10.6. The first-order chi connectivity index (χ1) is 13.0. The van der Waals surface area contributed by atoms with E-state index in [9.17, 15) is 13.2 Å². The van der Waals surface area contributed by atoms with E-state index in [1.165, 1.54) is 30.3 Å². The maximum atomic E-state index is 10.7. The van der Waals surface area contributed by atoms with Gasteiger partial charge in [0, 0.05) is 24.8 Å². The highest BCUT2D eigenvalue weighted by molar-refractivity contribution is 7.85. The topological polar surface area (TPSA) is 110 Å². The van der Waals surface area contributed by atoms with Crippen molar-refractivity contribution in [2.75, 3.05) is 30.3 Å². The number of nitrogens with zero attached hydrogens (tertiary/aromatic N) is 1. The predicted molar refractivity (Wildman–Crippen MR) is 111 cm³/mol. The SMILES string of the molecule is CCN(CCOC(C)=O)c1cccc(C)c1.Cc1ccc(S(=O)(=O)O)cc1N. The Morgan fingerprint density at radius 3 is 2.36 bits per heavy atom. The molecule has 154 valence electrons. The first-order valence-corrected chi connectivity index (χ1v) is 10.3. The van der Waals surface area contributed by atoms with Gasteiger partial charge in [-0.15, -0.1) is 0 Å². The molecule has 3 N–H and O–H groups in total. The Labute approximate surface area is 166 Å². The number of anilines is 2. The van der Waals surface area contributed by atoms with Crippen molar-refractivity contribution >= 4 is 27.5 Å². The van der Waals surface area contributed by atoms with Crippen molar-refractivity contribution in [1.29, 1.82) is 0 Å². The van der Waals surface area contributed by atoms with Gasteiger partial charge < -0.3 is 15.4 Å². The molecule has 28 heavy (non-hydrogen) atoms. The van der Waals surface area contributed by atoms with E-state index in [2.05, 4.69) is 36.9 Å². The third-order valence-electron chi connectivity index (χ3n) is 3.96. The zero-order chi connectivity index (χ0) is 21.3. The first-order valence-electron chi connectivity index (χ1n) is 8.83. The average Bonchev–Trinajstić information content (AvgIpc) is 2.60. The lowest BCUT2D eigenvalue weighted by Crippen LogP contribution is -2.27. The molecule has 0 atom stereocenters. The molecule has 8 heteroatoms. The van der Waals surface area contributed by atoms with Gasteiger partial charge in [-0.2, -0.15) is 8.42 Å². The lowest BCUT2D eigenvalue weighted by molar-refractivity contribution is -0.140. The van der Waals surface area contributed by atoms with Crippen molar-refractivity contribution in [3.63, 3.8) is 0 Å². The second kappa shape index (κ2) is 10.7. The van der Waals surface area contributed by atoms with Gasteiger partial charge in [-0.05, 0) is 56.2 Å².